The quantitative estimate of drug-likeness (QED) is 0.925. The number of halogens is 3. The van der Waals surface area contributed by atoms with Crippen molar-refractivity contribution in [3.05, 3.63) is 47.8 Å². The van der Waals surface area contributed by atoms with Crippen LogP contribution in [0.4, 0.5) is 13.2 Å². The number of amides is 1. The first-order chi connectivity index (χ1) is 10.1. The second-order valence-corrected chi connectivity index (χ2v) is 6.15. The number of hydrogen-bond donors (Lipinski definition) is 1. The van der Waals surface area contributed by atoms with Crippen LogP contribution in [0, 0.1) is 0 Å². The summed E-state index contributed by atoms with van der Waals surface area (Å²) >= 11 is 0. The van der Waals surface area contributed by atoms with Crippen LogP contribution in [0.25, 0.3) is 5.69 Å². The minimum Gasteiger partial charge on any atom is -0.266 e. The topological polar surface area (TPSA) is 81.1 Å². The molecule has 22 heavy (non-hydrogen) atoms. The zero-order valence-corrected chi connectivity index (χ0v) is 11.9. The Balaban J connectivity index is 2.31. The molecule has 0 unspecified atom stereocenters. The number of nitrogens with zero attached hydrogens (tertiary/aromatic N) is 2. The van der Waals surface area contributed by atoms with Gasteiger partial charge in [0.05, 0.1) is 17.5 Å². The summed E-state index contributed by atoms with van der Waals surface area (Å²) in [5.41, 5.74) is -1.00. The zero-order valence-electron chi connectivity index (χ0n) is 11.1. The van der Waals surface area contributed by atoms with Gasteiger partial charge in [-0.05, 0) is 24.3 Å². The number of hydrogen-bond acceptors (Lipinski definition) is 4. The molecule has 1 aromatic carbocycles. The molecule has 0 bridgehead atoms. The van der Waals surface area contributed by atoms with Crippen LogP contribution < -0.4 is 4.72 Å². The largest absolute Gasteiger partial charge is 0.416 e. The summed E-state index contributed by atoms with van der Waals surface area (Å²) in [7, 11) is -3.75. The van der Waals surface area contributed by atoms with Crippen LogP contribution in [0.1, 0.15) is 16.1 Å². The lowest BCUT2D eigenvalue weighted by atomic mass is 10.2. The average molecular weight is 333 g/mol. The van der Waals surface area contributed by atoms with E-state index in [1.165, 1.54) is 24.4 Å². The van der Waals surface area contributed by atoms with Gasteiger partial charge in [0.15, 0.2) is 5.69 Å². The molecule has 10 heteroatoms. The second kappa shape index (κ2) is 5.44. The van der Waals surface area contributed by atoms with E-state index in [9.17, 15) is 26.4 Å². The van der Waals surface area contributed by atoms with Crippen molar-refractivity contribution in [2.45, 2.75) is 6.18 Å². The molecule has 0 radical (unpaired) electrons. The molecule has 1 heterocycles. The van der Waals surface area contributed by atoms with Crippen molar-refractivity contribution in [3.63, 3.8) is 0 Å². The number of carbonyl (C=O) groups excluding carboxylic acids is 1. The molecule has 0 saturated carbocycles. The highest BCUT2D eigenvalue weighted by molar-refractivity contribution is 7.89. The molecule has 1 amide bonds. The Morgan fingerprint density at radius 1 is 1.27 bits per heavy atom. The maximum absolute atomic E-state index is 12.6. The number of benzene rings is 1. The Morgan fingerprint density at radius 3 is 2.55 bits per heavy atom. The number of aromatic nitrogens is 2. The Bertz CT molecular complexity index is 812. The Hall–Kier alpha value is -2.36. The van der Waals surface area contributed by atoms with Crippen LogP contribution in [0.3, 0.4) is 0 Å². The van der Waals surface area contributed by atoms with E-state index in [2.05, 4.69) is 5.10 Å². The van der Waals surface area contributed by atoms with E-state index in [-0.39, 0.29) is 11.4 Å². The van der Waals surface area contributed by atoms with E-state index < -0.39 is 27.7 Å². The molecule has 1 aromatic heterocycles. The van der Waals surface area contributed by atoms with Gasteiger partial charge in [0.1, 0.15) is 0 Å². The van der Waals surface area contributed by atoms with Gasteiger partial charge in [0, 0.05) is 6.20 Å². The fourth-order valence-corrected chi connectivity index (χ4v) is 2.08. The van der Waals surface area contributed by atoms with E-state index in [1.54, 1.807) is 4.72 Å². The lowest BCUT2D eigenvalue weighted by Gasteiger charge is -2.08. The van der Waals surface area contributed by atoms with Gasteiger partial charge in [-0.1, -0.05) is 6.07 Å². The third kappa shape index (κ3) is 3.85. The van der Waals surface area contributed by atoms with Crippen molar-refractivity contribution in [2.75, 3.05) is 6.26 Å². The monoisotopic (exact) mass is 333 g/mol. The summed E-state index contributed by atoms with van der Waals surface area (Å²) in [6, 6.07) is 5.55. The van der Waals surface area contributed by atoms with Gasteiger partial charge >= 0.3 is 6.18 Å². The first-order valence-electron chi connectivity index (χ1n) is 5.82. The first kappa shape index (κ1) is 16.0. The maximum Gasteiger partial charge on any atom is 0.416 e. The highest BCUT2D eigenvalue weighted by atomic mass is 32.2. The van der Waals surface area contributed by atoms with Crippen molar-refractivity contribution < 1.29 is 26.4 Å². The summed E-state index contributed by atoms with van der Waals surface area (Å²) in [4.78, 5) is 11.6. The Morgan fingerprint density at radius 2 is 1.95 bits per heavy atom. The standard InChI is InChI=1S/C12H10F3N3O3S/c1-22(20,21)17-11(19)10-5-6-18(16-10)9-4-2-3-8(7-9)12(13,14)15/h2-7H,1H3,(H,17,19). The second-order valence-electron chi connectivity index (χ2n) is 4.40. The Kier molecular flexibility index (Phi) is 3.96. The molecule has 0 atom stereocenters. The molecule has 0 aliphatic heterocycles. The third-order valence-corrected chi connectivity index (χ3v) is 3.09. The fraction of sp³-hybridized carbons (Fsp3) is 0.167. The van der Waals surface area contributed by atoms with Crippen molar-refractivity contribution in [3.8, 4) is 5.69 Å². The average Bonchev–Trinajstić information content (AvgIpc) is 2.85. The highest BCUT2D eigenvalue weighted by Gasteiger charge is 2.30. The van der Waals surface area contributed by atoms with Gasteiger partial charge in [-0.15, -0.1) is 0 Å². The van der Waals surface area contributed by atoms with E-state index in [4.69, 9.17) is 0 Å². The van der Waals surface area contributed by atoms with Crippen LogP contribution in [0.2, 0.25) is 0 Å². The Labute approximate surface area is 123 Å². The molecule has 0 aliphatic carbocycles. The van der Waals surface area contributed by atoms with Crippen LogP contribution in [0.5, 0.6) is 0 Å². The molecule has 6 nitrogen and oxygen atoms in total. The van der Waals surface area contributed by atoms with Crippen molar-refractivity contribution >= 4 is 15.9 Å². The van der Waals surface area contributed by atoms with Gasteiger partial charge in [0.2, 0.25) is 10.0 Å². The van der Waals surface area contributed by atoms with E-state index in [1.807, 2.05) is 0 Å². The van der Waals surface area contributed by atoms with Crippen molar-refractivity contribution in [1.29, 1.82) is 0 Å². The number of nitrogens with one attached hydrogen (secondary N) is 1. The van der Waals surface area contributed by atoms with E-state index in [0.29, 0.717) is 0 Å². The molecule has 0 saturated heterocycles. The summed E-state index contributed by atoms with van der Waals surface area (Å²) in [5.74, 6) is -0.965. The summed E-state index contributed by atoms with van der Waals surface area (Å²) < 4.78 is 62.6. The molecule has 1 N–H and O–H groups in total. The molecule has 2 aromatic rings. The molecule has 0 fully saturated rings. The predicted octanol–water partition coefficient (Wildman–Crippen LogP) is 1.58. The smallest absolute Gasteiger partial charge is 0.266 e. The minimum atomic E-state index is -4.50. The van der Waals surface area contributed by atoms with Crippen LogP contribution in [0.15, 0.2) is 36.5 Å². The first-order valence-corrected chi connectivity index (χ1v) is 7.71. The lowest BCUT2D eigenvalue weighted by Crippen LogP contribution is -2.29. The number of carbonyl (C=O) groups is 1. The normalized spacial score (nSPS) is 12.2. The summed E-state index contributed by atoms with van der Waals surface area (Å²) in [5, 5.41) is 3.76. The minimum absolute atomic E-state index is 0.0910. The summed E-state index contributed by atoms with van der Waals surface area (Å²) in [6.45, 7) is 0. The molecule has 0 aliphatic rings. The fourth-order valence-electron chi connectivity index (χ4n) is 1.63. The molecule has 118 valence electrons. The van der Waals surface area contributed by atoms with E-state index in [0.717, 1.165) is 23.1 Å². The van der Waals surface area contributed by atoms with Crippen LogP contribution >= 0.6 is 0 Å². The predicted molar refractivity (Wildman–Crippen MR) is 70.9 cm³/mol. The molecular weight excluding hydrogens is 323 g/mol. The van der Waals surface area contributed by atoms with Gasteiger partial charge in [-0.2, -0.15) is 18.3 Å². The van der Waals surface area contributed by atoms with Gasteiger partial charge < -0.3 is 0 Å². The lowest BCUT2D eigenvalue weighted by molar-refractivity contribution is -0.137. The van der Waals surface area contributed by atoms with Gasteiger partial charge in [-0.25, -0.2) is 17.8 Å². The molecule has 2 rings (SSSR count). The third-order valence-electron chi connectivity index (χ3n) is 2.54. The molecule has 0 spiro atoms. The number of alkyl halides is 3. The van der Waals surface area contributed by atoms with E-state index >= 15 is 0 Å². The van der Waals surface area contributed by atoms with Gasteiger partial charge in [0.25, 0.3) is 5.91 Å². The van der Waals surface area contributed by atoms with Crippen molar-refractivity contribution in [2.24, 2.45) is 0 Å². The molecular formula is C12H10F3N3O3S. The zero-order chi connectivity index (χ0) is 16.5. The highest BCUT2D eigenvalue weighted by Crippen LogP contribution is 2.30. The van der Waals surface area contributed by atoms with Gasteiger partial charge in [-0.3, -0.25) is 4.79 Å². The van der Waals surface area contributed by atoms with Crippen molar-refractivity contribution in [1.82, 2.24) is 14.5 Å². The van der Waals surface area contributed by atoms with Crippen LogP contribution in [-0.4, -0.2) is 30.4 Å². The summed E-state index contributed by atoms with van der Waals surface area (Å²) in [6.07, 6.45) is -2.44. The number of rotatable bonds is 3. The SMILES string of the molecule is CS(=O)(=O)NC(=O)c1ccn(-c2cccc(C(F)(F)F)c2)n1. The number of sulfonamides is 1. The van der Waals surface area contributed by atoms with Crippen LogP contribution in [-0.2, 0) is 16.2 Å². The maximum atomic E-state index is 12.6.